The molecular weight excluding hydrogens is 490 g/mol. The first-order chi connectivity index (χ1) is 17.5. The number of hydrogen-bond acceptors (Lipinski definition) is 6. The molecule has 0 spiro atoms. The predicted molar refractivity (Wildman–Crippen MR) is 146 cm³/mol. The molecule has 5 N–H and O–H groups in total. The van der Waals surface area contributed by atoms with Gasteiger partial charge in [-0.05, 0) is 54.8 Å². The summed E-state index contributed by atoms with van der Waals surface area (Å²) in [4.78, 5) is 49.4. The summed E-state index contributed by atoms with van der Waals surface area (Å²) in [6, 6.07) is 14.2. The van der Waals surface area contributed by atoms with E-state index in [1.807, 2.05) is 24.3 Å². The average molecular weight is 522 g/mol. The molecule has 0 unspecified atom stereocenters. The normalized spacial score (nSPS) is 10.5. The molecule has 0 aliphatic heterocycles. The van der Waals surface area contributed by atoms with Gasteiger partial charge in [0.15, 0.2) is 11.1 Å². The Bertz CT molecular complexity index is 1290. The molecule has 0 aliphatic rings. The van der Waals surface area contributed by atoms with Crippen molar-refractivity contribution in [2.45, 2.75) is 26.3 Å². The highest BCUT2D eigenvalue weighted by molar-refractivity contribution is 7.15. The molecule has 10 nitrogen and oxygen atoms in total. The maximum Gasteiger partial charge on any atom is 0.253 e. The Balaban J connectivity index is 1.74. The zero-order chi connectivity index (χ0) is 27.1. The van der Waals surface area contributed by atoms with Crippen LogP contribution in [0.5, 0.6) is 0 Å². The first kappa shape index (κ1) is 27.3. The maximum atomic E-state index is 13.1. The van der Waals surface area contributed by atoms with Gasteiger partial charge in [-0.1, -0.05) is 23.5 Å². The molecule has 0 atom stereocenters. The maximum absolute atomic E-state index is 13.1. The van der Waals surface area contributed by atoms with Crippen molar-refractivity contribution in [1.82, 2.24) is 14.8 Å². The number of rotatable bonds is 9. The minimum absolute atomic E-state index is 0.00188. The molecule has 1 aromatic heterocycles. The molecular formula is C26H31N7O3S. The quantitative estimate of drug-likeness (QED) is 0.291. The molecule has 11 heteroatoms. The van der Waals surface area contributed by atoms with E-state index in [9.17, 15) is 14.4 Å². The number of aliphatic imine (C=N–C) groups is 1. The minimum Gasteiger partial charge on any atom is -0.370 e. The smallest absolute Gasteiger partial charge is 0.253 e. The van der Waals surface area contributed by atoms with Gasteiger partial charge in [0.2, 0.25) is 5.91 Å². The van der Waals surface area contributed by atoms with E-state index in [2.05, 4.69) is 15.3 Å². The second-order valence-corrected chi connectivity index (χ2v) is 9.79. The molecule has 2 aromatic carbocycles. The molecule has 0 saturated carbocycles. The van der Waals surface area contributed by atoms with E-state index in [4.69, 9.17) is 11.5 Å². The number of nitrogens with two attached hydrogens (primary N) is 2. The predicted octanol–water partition coefficient (Wildman–Crippen LogP) is 2.77. The van der Waals surface area contributed by atoms with Gasteiger partial charge < -0.3 is 26.6 Å². The molecule has 0 fully saturated rings. The Morgan fingerprint density at radius 1 is 0.919 bits per heavy atom. The van der Waals surface area contributed by atoms with Crippen molar-refractivity contribution in [3.8, 4) is 0 Å². The lowest BCUT2D eigenvalue weighted by atomic mass is 10.1. The summed E-state index contributed by atoms with van der Waals surface area (Å²) in [5.74, 6) is -0.515. The lowest BCUT2D eigenvalue weighted by Crippen LogP contribution is -2.26. The van der Waals surface area contributed by atoms with E-state index in [-0.39, 0.29) is 23.7 Å². The van der Waals surface area contributed by atoms with Crippen molar-refractivity contribution in [3.05, 3.63) is 75.8 Å². The standard InChI is InChI=1S/C26H31N7O3S/c1-16(34)29-26-31-21(14-7-17-5-12-20(13-6-17)30-25(27)28)22(37-26)15-33(4)24(36)19-10-8-18(9-11-19)23(35)32(2)3/h5-6,8-13H,7,14-15H2,1-4H3,(H4,27,28,30)(H,29,31,34). The number of anilines is 1. The van der Waals surface area contributed by atoms with Crippen LogP contribution >= 0.6 is 11.3 Å². The van der Waals surface area contributed by atoms with Crippen LogP contribution in [-0.2, 0) is 24.2 Å². The van der Waals surface area contributed by atoms with Crippen molar-refractivity contribution in [2.75, 3.05) is 26.5 Å². The van der Waals surface area contributed by atoms with Gasteiger partial charge in [-0.25, -0.2) is 9.98 Å². The third kappa shape index (κ3) is 7.61. The summed E-state index contributed by atoms with van der Waals surface area (Å²) in [5.41, 5.74) is 14.4. The van der Waals surface area contributed by atoms with Crippen LogP contribution in [0.3, 0.4) is 0 Å². The van der Waals surface area contributed by atoms with Gasteiger partial charge in [0.05, 0.1) is 17.9 Å². The third-order valence-electron chi connectivity index (χ3n) is 5.42. The molecule has 1 heterocycles. The molecule has 0 aliphatic carbocycles. The Morgan fingerprint density at radius 2 is 1.51 bits per heavy atom. The molecule has 194 valence electrons. The second-order valence-electron chi connectivity index (χ2n) is 8.71. The summed E-state index contributed by atoms with van der Waals surface area (Å²) >= 11 is 1.35. The Kier molecular flexibility index (Phi) is 8.96. The van der Waals surface area contributed by atoms with Crippen LogP contribution in [0.1, 0.15) is 43.8 Å². The number of amides is 3. The van der Waals surface area contributed by atoms with Crippen molar-refractivity contribution in [3.63, 3.8) is 0 Å². The van der Waals surface area contributed by atoms with Crippen LogP contribution in [-0.4, -0.2) is 59.6 Å². The zero-order valence-corrected chi connectivity index (χ0v) is 22.1. The van der Waals surface area contributed by atoms with Crippen LogP contribution < -0.4 is 16.8 Å². The monoisotopic (exact) mass is 521 g/mol. The number of nitrogens with one attached hydrogen (secondary N) is 1. The van der Waals surface area contributed by atoms with E-state index in [1.54, 1.807) is 50.3 Å². The first-order valence-corrected chi connectivity index (χ1v) is 12.4. The third-order valence-corrected chi connectivity index (χ3v) is 6.42. The fourth-order valence-electron chi connectivity index (χ4n) is 3.58. The Labute approximate surface area is 220 Å². The number of aryl methyl sites for hydroxylation is 2. The van der Waals surface area contributed by atoms with Gasteiger partial charge in [-0.2, -0.15) is 0 Å². The van der Waals surface area contributed by atoms with Crippen LogP contribution in [0.4, 0.5) is 10.8 Å². The Hall–Kier alpha value is -4.25. The van der Waals surface area contributed by atoms with Gasteiger partial charge in [0.1, 0.15) is 0 Å². The summed E-state index contributed by atoms with van der Waals surface area (Å²) in [5, 5.41) is 3.23. The molecule has 37 heavy (non-hydrogen) atoms. The summed E-state index contributed by atoms with van der Waals surface area (Å²) in [6.07, 6.45) is 1.33. The van der Waals surface area contributed by atoms with E-state index in [0.717, 1.165) is 16.1 Å². The first-order valence-electron chi connectivity index (χ1n) is 11.6. The highest BCUT2D eigenvalue weighted by atomic mass is 32.1. The highest BCUT2D eigenvalue weighted by Crippen LogP contribution is 2.26. The summed E-state index contributed by atoms with van der Waals surface area (Å²) in [6.45, 7) is 1.76. The molecule has 3 rings (SSSR count). The molecule has 0 saturated heterocycles. The van der Waals surface area contributed by atoms with Gasteiger partial charge in [0, 0.05) is 44.1 Å². The van der Waals surface area contributed by atoms with Gasteiger partial charge in [-0.15, -0.1) is 0 Å². The number of aromatic nitrogens is 1. The van der Waals surface area contributed by atoms with E-state index < -0.39 is 0 Å². The van der Waals surface area contributed by atoms with Crippen LogP contribution in [0.25, 0.3) is 0 Å². The summed E-state index contributed by atoms with van der Waals surface area (Å²) < 4.78 is 0. The summed E-state index contributed by atoms with van der Waals surface area (Å²) in [7, 11) is 5.07. The number of guanidine groups is 1. The molecule has 0 bridgehead atoms. The fraction of sp³-hybridized carbons (Fsp3) is 0.269. The highest BCUT2D eigenvalue weighted by Gasteiger charge is 2.19. The van der Waals surface area contributed by atoms with Gasteiger partial charge in [0.25, 0.3) is 11.8 Å². The van der Waals surface area contributed by atoms with Crippen molar-refractivity contribution >= 4 is 45.8 Å². The lowest BCUT2D eigenvalue weighted by Gasteiger charge is -2.17. The number of carbonyl (C=O) groups excluding carboxylic acids is 3. The van der Waals surface area contributed by atoms with Gasteiger partial charge in [-0.3, -0.25) is 14.4 Å². The topological polar surface area (TPSA) is 147 Å². The number of hydrogen-bond donors (Lipinski definition) is 3. The second kappa shape index (κ2) is 12.1. The lowest BCUT2D eigenvalue weighted by molar-refractivity contribution is -0.114. The largest absolute Gasteiger partial charge is 0.370 e. The van der Waals surface area contributed by atoms with Crippen LogP contribution in [0, 0.1) is 0 Å². The number of carbonyl (C=O) groups is 3. The molecule has 3 amide bonds. The van der Waals surface area contributed by atoms with Crippen LogP contribution in [0.2, 0.25) is 0 Å². The van der Waals surface area contributed by atoms with Crippen molar-refractivity contribution < 1.29 is 14.4 Å². The SMILES string of the molecule is CC(=O)Nc1nc(CCc2ccc(N=C(N)N)cc2)c(CN(C)C(=O)c2ccc(C(=O)N(C)C)cc2)s1. The Morgan fingerprint density at radius 3 is 2.05 bits per heavy atom. The van der Waals surface area contributed by atoms with E-state index in [1.165, 1.54) is 23.2 Å². The minimum atomic E-state index is -0.209. The van der Waals surface area contributed by atoms with Crippen LogP contribution in [0.15, 0.2) is 53.5 Å². The molecule has 0 radical (unpaired) electrons. The van der Waals surface area contributed by atoms with Crippen molar-refractivity contribution in [2.24, 2.45) is 16.5 Å². The van der Waals surface area contributed by atoms with E-state index in [0.29, 0.717) is 41.3 Å². The fourth-order valence-corrected chi connectivity index (χ4v) is 4.68. The average Bonchev–Trinajstić information content (AvgIpc) is 3.22. The number of nitrogens with zero attached hydrogens (tertiary/aromatic N) is 4. The zero-order valence-electron chi connectivity index (χ0n) is 21.3. The van der Waals surface area contributed by atoms with Gasteiger partial charge >= 0.3 is 0 Å². The van der Waals surface area contributed by atoms with Crippen molar-refractivity contribution in [1.29, 1.82) is 0 Å². The number of benzene rings is 2. The van der Waals surface area contributed by atoms with E-state index >= 15 is 0 Å². The molecule has 3 aromatic rings. The number of thiazole rings is 1.